The molecule has 2 aliphatic heterocycles. The number of thiophene rings is 1. The first-order valence-electron chi connectivity index (χ1n) is 13.8. The Labute approximate surface area is 240 Å². The summed E-state index contributed by atoms with van der Waals surface area (Å²) in [7, 11) is 0. The summed E-state index contributed by atoms with van der Waals surface area (Å²) in [5, 5.41) is 13.7. The molecular formula is C30H29ClN6O2S. The van der Waals surface area contributed by atoms with Crippen LogP contribution in [0.2, 0.25) is 5.02 Å². The van der Waals surface area contributed by atoms with Gasteiger partial charge >= 0.3 is 5.69 Å². The molecule has 3 aromatic heterocycles. The molecule has 4 aromatic rings. The van der Waals surface area contributed by atoms with Crippen molar-refractivity contribution in [3.8, 4) is 17.2 Å². The first-order valence-corrected chi connectivity index (χ1v) is 15.0. The van der Waals surface area contributed by atoms with Gasteiger partial charge in [0.15, 0.2) is 0 Å². The smallest absolute Gasteiger partial charge is 0.331 e. The van der Waals surface area contributed by atoms with E-state index in [1.54, 1.807) is 11.3 Å². The molecule has 1 atom stereocenters. The topological polar surface area (TPSA) is 95.9 Å². The van der Waals surface area contributed by atoms with Gasteiger partial charge in [-0.2, -0.15) is 5.26 Å². The average Bonchev–Trinajstić information content (AvgIpc) is 3.32. The highest BCUT2D eigenvalue weighted by Gasteiger charge is 2.43. The third-order valence-electron chi connectivity index (χ3n) is 8.53. The zero-order valence-corrected chi connectivity index (χ0v) is 23.6. The fourth-order valence-electron chi connectivity index (χ4n) is 6.25. The number of nitrogens with one attached hydrogen (secondary N) is 1. The fourth-order valence-corrected chi connectivity index (χ4v) is 7.62. The lowest BCUT2D eigenvalue weighted by Crippen LogP contribution is -2.40. The molecule has 0 spiro atoms. The lowest BCUT2D eigenvalue weighted by molar-refractivity contribution is 0.484. The molecule has 0 radical (unpaired) electrons. The third kappa shape index (κ3) is 4.44. The quantitative estimate of drug-likeness (QED) is 0.368. The van der Waals surface area contributed by atoms with Gasteiger partial charge in [-0.1, -0.05) is 11.6 Å². The normalized spacial score (nSPS) is 19.5. The Bertz CT molecular complexity index is 1790. The van der Waals surface area contributed by atoms with Crippen molar-refractivity contribution in [1.29, 1.82) is 5.26 Å². The maximum atomic E-state index is 13.3. The Kier molecular flexibility index (Phi) is 6.30. The SMILES string of the molecule is N#CC1(Cn2ccc(=O)n(Cc3cc4nccc(-c5cc(Cl)cc6c5N([C@H]5CCNC5)CCC6)c4s3)c2=O)CC1. The van der Waals surface area contributed by atoms with Gasteiger partial charge in [0, 0.05) is 70.9 Å². The van der Waals surface area contributed by atoms with E-state index in [0.29, 0.717) is 12.6 Å². The first-order chi connectivity index (χ1) is 19.4. The van der Waals surface area contributed by atoms with Crippen molar-refractivity contribution in [3.63, 3.8) is 0 Å². The van der Waals surface area contributed by atoms with Gasteiger partial charge in [0.1, 0.15) is 0 Å². The van der Waals surface area contributed by atoms with E-state index in [1.807, 2.05) is 18.3 Å². The van der Waals surface area contributed by atoms with Crippen LogP contribution in [0.25, 0.3) is 21.3 Å². The molecule has 2 fully saturated rings. The Morgan fingerprint density at radius 1 is 1.20 bits per heavy atom. The number of benzene rings is 1. The minimum absolute atomic E-state index is 0.159. The van der Waals surface area contributed by atoms with Crippen molar-refractivity contribution in [2.24, 2.45) is 5.41 Å². The molecule has 7 rings (SSSR count). The van der Waals surface area contributed by atoms with E-state index in [-0.39, 0.29) is 17.8 Å². The van der Waals surface area contributed by atoms with Crippen LogP contribution in [-0.2, 0) is 19.5 Å². The number of anilines is 1. The lowest BCUT2D eigenvalue weighted by Gasteiger charge is -2.38. The number of hydrogen-bond acceptors (Lipinski definition) is 7. The highest BCUT2D eigenvalue weighted by molar-refractivity contribution is 7.19. The number of halogens is 1. The fraction of sp³-hybridized carbons (Fsp3) is 0.400. The highest BCUT2D eigenvalue weighted by Crippen LogP contribution is 2.46. The van der Waals surface area contributed by atoms with Gasteiger partial charge in [0.25, 0.3) is 5.56 Å². The maximum Gasteiger partial charge on any atom is 0.331 e. The molecule has 1 saturated carbocycles. The third-order valence-corrected chi connectivity index (χ3v) is 9.89. The molecule has 1 N–H and O–H groups in total. The maximum absolute atomic E-state index is 13.3. The molecular weight excluding hydrogens is 544 g/mol. The Morgan fingerprint density at radius 2 is 2.08 bits per heavy atom. The number of aryl methyl sites for hydroxylation is 1. The lowest BCUT2D eigenvalue weighted by atomic mass is 9.92. The van der Waals surface area contributed by atoms with E-state index in [4.69, 9.17) is 11.6 Å². The van der Waals surface area contributed by atoms with E-state index in [1.165, 1.54) is 32.6 Å². The van der Waals surface area contributed by atoms with Crippen LogP contribution in [0.4, 0.5) is 5.69 Å². The van der Waals surface area contributed by atoms with Crippen molar-refractivity contribution in [2.45, 2.75) is 51.2 Å². The summed E-state index contributed by atoms with van der Waals surface area (Å²) < 4.78 is 3.77. The van der Waals surface area contributed by atoms with Crippen molar-refractivity contribution in [3.05, 3.63) is 79.0 Å². The van der Waals surface area contributed by atoms with E-state index < -0.39 is 5.41 Å². The van der Waals surface area contributed by atoms with Crippen LogP contribution in [0.5, 0.6) is 0 Å². The van der Waals surface area contributed by atoms with Crippen LogP contribution in [0.1, 0.15) is 36.1 Å². The van der Waals surface area contributed by atoms with Gasteiger partial charge in [-0.05, 0) is 68.5 Å². The summed E-state index contributed by atoms with van der Waals surface area (Å²) in [6.45, 7) is 3.51. The average molecular weight is 573 g/mol. The van der Waals surface area contributed by atoms with Crippen LogP contribution < -0.4 is 21.5 Å². The van der Waals surface area contributed by atoms with Gasteiger partial charge < -0.3 is 10.2 Å². The second kappa shape index (κ2) is 9.88. The van der Waals surface area contributed by atoms with Crippen LogP contribution in [-0.4, -0.2) is 39.8 Å². The van der Waals surface area contributed by atoms with Gasteiger partial charge in [-0.25, -0.2) is 4.79 Å². The van der Waals surface area contributed by atoms with Gasteiger partial charge in [-0.3, -0.25) is 18.9 Å². The summed E-state index contributed by atoms with van der Waals surface area (Å²) in [5.74, 6) is 0. The minimum Gasteiger partial charge on any atom is -0.366 e. The molecule has 204 valence electrons. The summed E-state index contributed by atoms with van der Waals surface area (Å²) in [4.78, 5) is 34.1. The first kappa shape index (κ1) is 25.5. The molecule has 0 unspecified atom stereocenters. The number of pyridine rings is 1. The largest absolute Gasteiger partial charge is 0.366 e. The van der Waals surface area contributed by atoms with Crippen molar-refractivity contribution < 1.29 is 0 Å². The number of nitriles is 1. The molecule has 40 heavy (non-hydrogen) atoms. The van der Waals surface area contributed by atoms with Crippen LogP contribution in [0.15, 0.2) is 52.3 Å². The zero-order valence-electron chi connectivity index (χ0n) is 22.0. The van der Waals surface area contributed by atoms with Gasteiger partial charge in [0.05, 0.1) is 28.2 Å². The molecule has 1 saturated heterocycles. The monoisotopic (exact) mass is 572 g/mol. The minimum atomic E-state index is -0.485. The predicted molar refractivity (Wildman–Crippen MR) is 158 cm³/mol. The molecule has 5 heterocycles. The number of hydrogen-bond donors (Lipinski definition) is 1. The second-order valence-corrected chi connectivity index (χ2v) is 12.8. The zero-order chi connectivity index (χ0) is 27.4. The molecule has 1 aromatic carbocycles. The molecule has 0 amide bonds. The van der Waals surface area contributed by atoms with Crippen molar-refractivity contribution in [2.75, 3.05) is 24.5 Å². The Balaban J connectivity index is 1.29. The Morgan fingerprint density at radius 3 is 2.85 bits per heavy atom. The van der Waals surface area contributed by atoms with Crippen LogP contribution >= 0.6 is 22.9 Å². The van der Waals surface area contributed by atoms with Crippen LogP contribution in [0, 0.1) is 16.7 Å². The Hall–Kier alpha value is -3.45. The molecule has 10 heteroatoms. The van der Waals surface area contributed by atoms with E-state index in [0.717, 1.165) is 83.0 Å². The number of nitrogens with zero attached hydrogens (tertiary/aromatic N) is 5. The van der Waals surface area contributed by atoms with Gasteiger partial charge in [-0.15, -0.1) is 11.3 Å². The molecule has 3 aliphatic rings. The summed E-state index contributed by atoms with van der Waals surface area (Å²) in [6, 6.07) is 12.4. The molecule has 8 nitrogen and oxygen atoms in total. The van der Waals surface area contributed by atoms with E-state index in [2.05, 4.69) is 33.4 Å². The van der Waals surface area contributed by atoms with Crippen LogP contribution in [0.3, 0.4) is 0 Å². The van der Waals surface area contributed by atoms with Gasteiger partial charge in [0.2, 0.25) is 0 Å². The van der Waals surface area contributed by atoms with E-state index in [9.17, 15) is 14.9 Å². The summed E-state index contributed by atoms with van der Waals surface area (Å²) >= 11 is 8.23. The van der Waals surface area contributed by atoms with E-state index >= 15 is 0 Å². The standard InChI is InChI=1S/C30H29ClN6O2S/c31-20-12-19-2-1-10-36(21-3-8-33-15-21)27(19)24(13-20)23-4-9-34-25-14-22(40-28(23)25)16-37-26(38)5-11-35(29(37)39)18-30(17-32)6-7-30/h4-5,9,11-14,21,33H,1-3,6-8,10,15-16,18H2/t21-/m0/s1. The van der Waals surface area contributed by atoms with Crippen molar-refractivity contribution >= 4 is 38.8 Å². The number of fused-ring (bicyclic) bond motifs is 2. The molecule has 0 bridgehead atoms. The second-order valence-electron chi connectivity index (χ2n) is 11.2. The molecule has 1 aliphatic carbocycles. The number of rotatable bonds is 6. The highest BCUT2D eigenvalue weighted by atomic mass is 35.5. The summed E-state index contributed by atoms with van der Waals surface area (Å²) in [5.41, 5.74) is 4.34. The number of aromatic nitrogens is 3. The van der Waals surface area contributed by atoms with Crippen molar-refractivity contribution in [1.82, 2.24) is 19.4 Å². The predicted octanol–water partition coefficient (Wildman–Crippen LogP) is 4.41. The summed E-state index contributed by atoms with van der Waals surface area (Å²) in [6.07, 6.45) is 8.12.